The van der Waals surface area contributed by atoms with Crippen molar-refractivity contribution < 1.29 is 13.9 Å². The van der Waals surface area contributed by atoms with Crippen LogP contribution < -0.4 is 16.0 Å². The number of nitriles is 1. The Balaban J connectivity index is 2.05. The minimum absolute atomic E-state index is 0.122. The fourth-order valence-electron chi connectivity index (χ4n) is 1.49. The number of para-hydroxylation sites is 1. The van der Waals surface area contributed by atoms with Gasteiger partial charge in [0.25, 0.3) is 5.91 Å². The summed E-state index contributed by atoms with van der Waals surface area (Å²) in [6.07, 6.45) is 1.29. The maximum absolute atomic E-state index is 11.2. The highest BCUT2D eigenvalue weighted by Crippen LogP contribution is 2.18. The number of furan rings is 1. The first-order valence-corrected chi connectivity index (χ1v) is 5.45. The van der Waals surface area contributed by atoms with E-state index in [-0.39, 0.29) is 6.61 Å². The summed E-state index contributed by atoms with van der Waals surface area (Å²) in [5, 5.41) is 8.90. The van der Waals surface area contributed by atoms with Gasteiger partial charge in [-0.25, -0.2) is 5.84 Å². The summed E-state index contributed by atoms with van der Waals surface area (Å²) >= 11 is 0. The van der Waals surface area contributed by atoms with Gasteiger partial charge in [0.05, 0.1) is 11.1 Å². The van der Waals surface area contributed by atoms with E-state index >= 15 is 0 Å². The van der Waals surface area contributed by atoms with Gasteiger partial charge in [-0.05, 0) is 18.2 Å². The molecule has 96 valence electrons. The lowest BCUT2D eigenvalue weighted by atomic mass is 10.2. The smallest absolute Gasteiger partial charge is 0.268 e. The zero-order chi connectivity index (χ0) is 13.7. The number of hydrogen-bond donors (Lipinski definition) is 2. The Bertz CT molecular complexity index is 628. The summed E-state index contributed by atoms with van der Waals surface area (Å²) in [6, 6.07) is 10.4. The van der Waals surface area contributed by atoms with Gasteiger partial charge in [-0.15, -0.1) is 0 Å². The lowest BCUT2D eigenvalue weighted by Crippen LogP contribution is -2.29. The van der Waals surface area contributed by atoms with Crippen LogP contribution in [0.3, 0.4) is 0 Å². The number of benzene rings is 1. The molecule has 6 nitrogen and oxygen atoms in total. The molecule has 1 amide bonds. The second-order valence-electron chi connectivity index (χ2n) is 3.67. The van der Waals surface area contributed by atoms with Crippen LogP contribution in [0.25, 0.3) is 0 Å². The Morgan fingerprint density at radius 3 is 3.00 bits per heavy atom. The van der Waals surface area contributed by atoms with Gasteiger partial charge in [0.2, 0.25) is 0 Å². The van der Waals surface area contributed by atoms with E-state index in [1.54, 1.807) is 24.3 Å². The lowest BCUT2D eigenvalue weighted by molar-refractivity contribution is 0.0953. The third-order valence-electron chi connectivity index (χ3n) is 2.42. The molecule has 0 aliphatic carbocycles. The van der Waals surface area contributed by atoms with Crippen molar-refractivity contribution in [2.45, 2.75) is 6.61 Å². The van der Waals surface area contributed by atoms with Crippen molar-refractivity contribution in [2.75, 3.05) is 0 Å². The van der Waals surface area contributed by atoms with E-state index < -0.39 is 5.91 Å². The van der Waals surface area contributed by atoms with Gasteiger partial charge in [0, 0.05) is 0 Å². The van der Waals surface area contributed by atoms with Crippen LogP contribution in [0.5, 0.6) is 5.75 Å². The van der Waals surface area contributed by atoms with E-state index in [1.807, 2.05) is 11.5 Å². The van der Waals surface area contributed by atoms with Crippen LogP contribution in [-0.4, -0.2) is 5.91 Å². The molecule has 0 bridgehead atoms. The van der Waals surface area contributed by atoms with Crippen molar-refractivity contribution >= 4 is 5.91 Å². The minimum atomic E-state index is -0.438. The highest BCUT2D eigenvalue weighted by molar-refractivity contribution is 5.93. The summed E-state index contributed by atoms with van der Waals surface area (Å²) < 4.78 is 10.6. The number of rotatable bonds is 4. The van der Waals surface area contributed by atoms with Crippen molar-refractivity contribution in [3.8, 4) is 11.8 Å². The van der Waals surface area contributed by atoms with Crippen molar-refractivity contribution in [2.24, 2.45) is 5.84 Å². The van der Waals surface area contributed by atoms with E-state index in [4.69, 9.17) is 20.3 Å². The Kier molecular flexibility index (Phi) is 3.81. The molecular formula is C13H11N3O3. The third kappa shape index (κ3) is 2.91. The van der Waals surface area contributed by atoms with Crippen LogP contribution in [0.4, 0.5) is 0 Å². The van der Waals surface area contributed by atoms with Crippen LogP contribution >= 0.6 is 0 Å². The second-order valence-corrected chi connectivity index (χ2v) is 3.67. The summed E-state index contributed by atoms with van der Waals surface area (Å²) in [5.41, 5.74) is 2.76. The maximum Gasteiger partial charge on any atom is 0.268 e. The molecule has 0 spiro atoms. The second kappa shape index (κ2) is 5.71. The molecule has 1 heterocycles. The van der Waals surface area contributed by atoms with Gasteiger partial charge in [-0.1, -0.05) is 12.1 Å². The number of ether oxygens (including phenoxy) is 1. The average molecular weight is 257 g/mol. The molecule has 0 saturated carbocycles. The molecule has 0 atom stereocenters. The highest BCUT2D eigenvalue weighted by atomic mass is 16.5. The fraction of sp³-hybridized carbons (Fsp3) is 0.0769. The number of amides is 1. The number of nitrogens with one attached hydrogen (secondary N) is 1. The molecule has 0 unspecified atom stereocenters. The summed E-state index contributed by atoms with van der Waals surface area (Å²) in [6.45, 7) is 0.122. The average Bonchev–Trinajstić information content (AvgIpc) is 2.93. The van der Waals surface area contributed by atoms with E-state index in [2.05, 4.69) is 0 Å². The first-order chi connectivity index (χ1) is 9.24. The number of hydrazine groups is 1. The molecule has 0 fully saturated rings. The van der Waals surface area contributed by atoms with Crippen molar-refractivity contribution in [3.63, 3.8) is 0 Å². The molecular weight excluding hydrogens is 246 g/mol. The quantitative estimate of drug-likeness (QED) is 0.489. The molecule has 0 aliphatic heterocycles. The van der Waals surface area contributed by atoms with E-state index in [0.717, 1.165) is 0 Å². The number of nitrogen functional groups attached to an aromatic ring is 1. The zero-order valence-corrected chi connectivity index (χ0v) is 9.92. The summed E-state index contributed by atoms with van der Waals surface area (Å²) in [7, 11) is 0. The normalized spacial score (nSPS) is 9.68. The number of carbonyl (C=O) groups is 1. The highest BCUT2D eigenvalue weighted by Gasteiger charge is 2.10. The van der Waals surface area contributed by atoms with Crippen molar-refractivity contribution in [1.29, 1.82) is 5.26 Å². The lowest BCUT2D eigenvalue weighted by Gasteiger charge is -2.05. The molecule has 0 saturated heterocycles. The van der Waals surface area contributed by atoms with E-state index in [9.17, 15) is 4.79 Å². The zero-order valence-electron chi connectivity index (χ0n) is 9.92. The molecule has 6 heteroatoms. The van der Waals surface area contributed by atoms with Gasteiger partial charge in [-0.2, -0.15) is 5.26 Å². The molecule has 3 N–H and O–H groups in total. The largest absolute Gasteiger partial charge is 0.484 e. The Labute approximate surface area is 109 Å². The van der Waals surface area contributed by atoms with Crippen LogP contribution in [0.1, 0.15) is 21.7 Å². The number of nitrogens with two attached hydrogens (primary N) is 1. The maximum atomic E-state index is 11.2. The van der Waals surface area contributed by atoms with Gasteiger partial charge >= 0.3 is 0 Å². The van der Waals surface area contributed by atoms with E-state index in [0.29, 0.717) is 22.6 Å². The monoisotopic (exact) mass is 257 g/mol. The predicted molar refractivity (Wildman–Crippen MR) is 65.9 cm³/mol. The fourth-order valence-corrected chi connectivity index (χ4v) is 1.49. The summed E-state index contributed by atoms with van der Waals surface area (Å²) in [5.74, 6) is 5.50. The Morgan fingerprint density at radius 1 is 1.47 bits per heavy atom. The predicted octanol–water partition coefficient (Wildman–Crippen LogP) is 1.33. The Morgan fingerprint density at radius 2 is 2.26 bits per heavy atom. The van der Waals surface area contributed by atoms with Gasteiger partial charge < -0.3 is 9.15 Å². The first kappa shape index (κ1) is 12.7. The van der Waals surface area contributed by atoms with Gasteiger partial charge in [0.15, 0.2) is 0 Å². The Hall–Kier alpha value is -2.78. The number of nitrogens with zero attached hydrogens (tertiary/aromatic N) is 1. The van der Waals surface area contributed by atoms with Crippen molar-refractivity contribution in [3.05, 3.63) is 53.5 Å². The van der Waals surface area contributed by atoms with Crippen molar-refractivity contribution in [1.82, 2.24) is 5.43 Å². The minimum Gasteiger partial charge on any atom is -0.484 e. The van der Waals surface area contributed by atoms with E-state index in [1.165, 1.54) is 12.3 Å². The summed E-state index contributed by atoms with van der Waals surface area (Å²) in [4.78, 5) is 11.2. The molecule has 0 radical (unpaired) electrons. The first-order valence-electron chi connectivity index (χ1n) is 5.45. The molecule has 19 heavy (non-hydrogen) atoms. The van der Waals surface area contributed by atoms with Crippen LogP contribution in [0.2, 0.25) is 0 Å². The third-order valence-corrected chi connectivity index (χ3v) is 2.42. The molecule has 2 rings (SSSR count). The molecule has 2 aromatic rings. The van der Waals surface area contributed by atoms with Gasteiger partial charge in [0.1, 0.15) is 30.4 Å². The molecule has 1 aromatic carbocycles. The van der Waals surface area contributed by atoms with Crippen LogP contribution in [0, 0.1) is 11.3 Å². The molecule has 0 aliphatic rings. The van der Waals surface area contributed by atoms with Crippen LogP contribution in [0.15, 0.2) is 41.0 Å². The van der Waals surface area contributed by atoms with Crippen LogP contribution in [-0.2, 0) is 6.61 Å². The standard InChI is InChI=1S/C13H11N3O3/c14-6-9-3-1-2-4-12(9)19-8-11-5-10(7-18-11)13(17)16-15/h1-5,7H,8,15H2,(H,16,17). The topological polar surface area (TPSA) is 101 Å². The number of carbonyl (C=O) groups excluding carboxylic acids is 1. The van der Waals surface area contributed by atoms with Gasteiger partial charge in [-0.3, -0.25) is 10.2 Å². The SMILES string of the molecule is N#Cc1ccccc1OCc1cc(C(=O)NN)co1. The number of hydrogen-bond acceptors (Lipinski definition) is 5. The molecule has 1 aromatic heterocycles.